The highest BCUT2D eigenvalue weighted by Gasteiger charge is 2.06. The predicted molar refractivity (Wildman–Crippen MR) is 104 cm³/mol. The highest BCUT2D eigenvalue weighted by atomic mass is 16.5. The maximum absolute atomic E-state index is 5.82. The van der Waals surface area contributed by atoms with Gasteiger partial charge in [-0.1, -0.05) is 30.3 Å². The number of pyridine rings is 1. The minimum atomic E-state index is 0.567. The van der Waals surface area contributed by atoms with E-state index in [9.17, 15) is 0 Å². The van der Waals surface area contributed by atoms with Crippen LogP contribution in [0.3, 0.4) is 0 Å². The molecule has 3 aromatic rings. The van der Waals surface area contributed by atoms with Crippen LogP contribution in [0.1, 0.15) is 18.1 Å². The third-order valence-corrected chi connectivity index (χ3v) is 3.88. The molecule has 1 heterocycles. The molecule has 4 heteroatoms. The molecule has 0 aliphatic heterocycles. The van der Waals surface area contributed by atoms with Crippen molar-refractivity contribution in [1.82, 2.24) is 4.98 Å². The zero-order valence-electron chi connectivity index (χ0n) is 14.6. The van der Waals surface area contributed by atoms with Crippen LogP contribution in [0.25, 0.3) is 0 Å². The third-order valence-electron chi connectivity index (χ3n) is 3.88. The lowest BCUT2D eigenvalue weighted by Crippen LogP contribution is -2.05. The summed E-state index contributed by atoms with van der Waals surface area (Å²) in [5.74, 6) is 1.68. The maximum atomic E-state index is 5.82. The summed E-state index contributed by atoms with van der Waals surface area (Å²) in [6.07, 6.45) is 1.82. The van der Waals surface area contributed by atoms with Crippen molar-refractivity contribution in [3.8, 4) is 5.75 Å². The summed E-state index contributed by atoms with van der Waals surface area (Å²) < 4.78 is 5.82. The smallest absolute Gasteiger partial charge is 0.154 e. The lowest BCUT2D eigenvalue weighted by atomic mass is 10.2. The van der Waals surface area contributed by atoms with E-state index in [4.69, 9.17) is 4.74 Å². The standard InChI is InChI=1S/C21H23N3O/c1-3-22-20-16(2)13-14-23-21(20)24-18-9-11-19(12-10-18)25-15-17-7-5-4-6-8-17/h4-14,22H,3,15H2,1-2H3,(H,23,24). The molecule has 0 aliphatic carbocycles. The summed E-state index contributed by atoms with van der Waals surface area (Å²) in [6.45, 7) is 5.57. The number of hydrogen-bond donors (Lipinski definition) is 2. The van der Waals surface area contributed by atoms with E-state index in [2.05, 4.69) is 41.6 Å². The molecule has 0 bridgehead atoms. The van der Waals surface area contributed by atoms with Crippen molar-refractivity contribution in [3.05, 3.63) is 78.0 Å². The van der Waals surface area contributed by atoms with E-state index >= 15 is 0 Å². The van der Waals surface area contributed by atoms with Gasteiger partial charge < -0.3 is 15.4 Å². The van der Waals surface area contributed by atoms with Crippen molar-refractivity contribution in [3.63, 3.8) is 0 Å². The summed E-state index contributed by atoms with van der Waals surface area (Å²) in [7, 11) is 0. The molecule has 2 aromatic carbocycles. The molecule has 1 aromatic heterocycles. The number of rotatable bonds is 7. The topological polar surface area (TPSA) is 46.2 Å². The van der Waals surface area contributed by atoms with Gasteiger partial charge in [-0.2, -0.15) is 0 Å². The van der Waals surface area contributed by atoms with Gasteiger partial charge in [0.25, 0.3) is 0 Å². The summed E-state index contributed by atoms with van der Waals surface area (Å²) in [5, 5.41) is 6.73. The van der Waals surface area contributed by atoms with Crippen LogP contribution in [0.15, 0.2) is 66.9 Å². The van der Waals surface area contributed by atoms with Crippen molar-refractivity contribution in [2.75, 3.05) is 17.2 Å². The second-order valence-electron chi connectivity index (χ2n) is 5.81. The number of aryl methyl sites for hydroxylation is 1. The molecule has 0 aliphatic rings. The first-order valence-corrected chi connectivity index (χ1v) is 8.49. The quantitative estimate of drug-likeness (QED) is 0.628. The Morgan fingerprint density at radius 2 is 1.72 bits per heavy atom. The minimum Gasteiger partial charge on any atom is -0.489 e. The average molecular weight is 333 g/mol. The molecule has 0 atom stereocenters. The fourth-order valence-corrected chi connectivity index (χ4v) is 2.57. The SMILES string of the molecule is CCNc1c(C)ccnc1Nc1ccc(OCc2ccccc2)cc1. The Morgan fingerprint density at radius 3 is 2.44 bits per heavy atom. The number of nitrogens with one attached hydrogen (secondary N) is 2. The van der Waals surface area contributed by atoms with Gasteiger partial charge in [0.2, 0.25) is 0 Å². The third kappa shape index (κ3) is 4.51. The van der Waals surface area contributed by atoms with Gasteiger partial charge in [-0.15, -0.1) is 0 Å². The average Bonchev–Trinajstić information content (AvgIpc) is 2.65. The van der Waals surface area contributed by atoms with Crippen LogP contribution in [0.2, 0.25) is 0 Å². The summed E-state index contributed by atoms with van der Waals surface area (Å²) in [4.78, 5) is 4.45. The van der Waals surface area contributed by atoms with E-state index in [0.29, 0.717) is 6.61 Å². The van der Waals surface area contributed by atoms with Gasteiger partial charge >= 0.3 is 0 Å². The number of aromatic nitrogens is 1. The van der Waals surface area contributed by atoms with Crippen LogP contribution in [-0.4, -0.2) is 11.5 Å². The molecule has 128 valence electrons. The van der Waals surface area contributed by atoms with Crippen LogP contribution in [0.5, 0.6) is 5.75 Å². The van der Waals surface area contributed by atoms with E-state index in [-0.39, 0.29) is 0 Å². The molecule has 0 saturated heterocycles. The largest absolute Gasteiger partial charge is 0.489 e. The lowest BCUT2D eigenvalue weighted by Gasteiger charge is -2.14. The number of ether oxygens (including phenoxy) is 1. The van der Waals surface area contributed by atoms with Crippen molar-refractivity contribution < 1.29 is 4.74 Å². The molecule has 0 saturated carbocycles. The molecule has 0 spiro atoms. The second-order valence-corrected chi connectivity index (χ2v) is 5.81. The second kappa shape index (κ2) is 8.20. The first-order valence-electron chi connectivity index (χ1n) is 8.49. The fraction of sp³-hybridized carbons (Fsp3) is 0.190. The van der Waals surface area contributed by atoms with Gasteiger partial charge in [-0.05, 0) is 55.3 Å². The first-order chi connectivity index (χ1) is 12.3. The highest BCUT2D eigenvalue weighted by Crippen LogP contribution is 2.27. The fourth-order valence-electron chi connectivity index (χ4n) is 2.57. The van der Waals surface area contributed by atoms with Gasteiger partial charge in [0.05, 0.1) is 5.69 Å². The van der Waals surface area contributed by atoms with Crippen molar-refractivity contribution >= 4 is 17.2 Å². The summed E-state index contributed by atoms with van der Waals surface area (Å²) in [5.41, 5.74) is 4.34. The van der Waals surface area contributed by atoms with Crippen molar-refractivity contribution in [1.29, 1.82) is 0 Å². The van der Waals surface area contributed by atoms with E-state index in [1.807, 2.05) is 54.7 Å². The summed E-state index contributed by atoms with van der Waals surface area (Å²) >= 11 is 0. The molecule has 3 rings (SSSR count). The van der Waals surface area contributed by atoms with Crippen LogP contribution in [0.4, 0.5) is 17.2 Å². The molecule has 25 heavy (non-hydrogen) atoms. The van der Waals surface area contributed by atoms with E-state index in [1.165, 1.54) is 5.56 Å². The number of anilines is 3. The van der Waals surface area contributed by atoms with Crippen LogP contribution in [-0.2, 0) is 6.61 Å². The van der Waals surface area contributed by atoms with Gasteiger partial charge in [-0.3, -0.25) is 0 Å². The number of hydrogen-bond acceptors (Lipinski definition) is 4. The Kier molecular flexibility index (Phi) is 5.52. The normalized spacial score (nSPS) is 10.3. The minimum absolute atomic E-state index is 0.567. The van der Waals surface area contributed by atoms with Crippen LogP contribution in [0, 0.1) is 6.92 Å². The number of benzene rings is 2. The maximum Gasteiger partial charge on any atom is 0.154 e. The summed E-state index contributed by atoms with van der Waals surface area (Å²) in [6, 6.07) is 20.1. The zero-order valence-corrected chi connectivity index (χ0v) is 14.6. The van der Waals surface area contributed by atoms with Crippen molar-refractivity contribution in [2.45, 2.75) is 20.5 Å². The van der Waals surface area contributed by atoms with Gasteiger partial charge in [0.15, 0.2) is 5.82 Å². The molecular formula is C21H23N3O. The Labute approximate surface area is 148 Å². The van der Waals surface area contributed by atoms with E-state index in [1.54, 1.807) is 0 Å². The lowest BCUT2D eigenvalue weighted by molar-refractivity contribution is 0.306. The Balaban J connectivity index is 1.66. The van der Waals surface area contributed by atoms with Gasteiger partial charge in [0.1, 0.15) is 12.4 Å². The molecule has 2 N–H and O–H groups in total. The highest BCUT2D eigenvalue weighted by molar-refractivity contribution is 5.73. The van der Waals surface area contributed by atoms with E-state index < -0.39 is 0 Å². The molecule has 0 fully saturated rings. The molecule has 0 unspecified atom stereocenters. The Hall–Kier alpha value is -3.01. The van der Waals surface area contributed by atoms with Crippen LogP contribution >= 0.6 is 0 Å². The Bertz CT molecular complexity index is 801. The molecule has 0 radical (unpaired) electrons. The monoisotopic (exact) mass is 333 g/mol. The zero-order chi connectivity index (χ0) is 17.5. The van der Waals surface area contributed by atoms with Crippen LogP contribution < -0.4 is 15.4 Å². The van der Waals surface area contributed by atoms with E-state index in [0.717, 1.165) is 35.1 Å². The van der Waals surface area contributed by atoms with Gasteiger partial charge in [0, 0.05) is 18.4 Å². The molecule has 4 nitrogen and oxygen atoms in total. The first kappa shape index (κ1) is 16.8. The Morgan fingerprint density at radius 1 is 0.960 bits per heavy atom. The predicted octanol–water partition coefficient (Wildman–Crippen LogP) is 5.14. The van der Waals surface area contributed by atoms with Crippen molar-refractivity contribution in [2.24, 2.45) is 0 Å². The molecule has 0 amide bonds. The molecular weight excluding hydrogens is 310 g/mol. The number of nitrogens with zero attached hydrogens (tertiary/aromatic N) is 1. The van der Waals surface area contributed by atoms with Gasteiger partial charge in [-0.25, -0.2) is 4.98 Å².